The molecule has 2 aromatic heterocycles. The van der Waals surface area contributed by atoms with Gasteiger partial charge in [0.05, 0.1) is 5.52 Å². The van der Waals surface area contributed by atoms with Crippen molar-refractivity contribution in [1.82, 2.24) is 14.5 Å². The first-order chi connectivity index (χ1) is 13.6. The Bertz CT molecular complexity index is 1140. The molecule has 1 N–H and O–H groups in total. The fourth-order valence-electron chi connectivity index (χ4n) is 3.53. The molecule has 144 valence electrons. The number of fused-ring (bicyclic) bond motifs is 1. The van der Waals surface area contributed by atoms with Gasteiger partial charge in [-0.1, -0.05) is 36.4 Å². The van der Waals surface area contributed by atoms with Crippen LogP contribution in [-0.2, 0) is 11.3 Å². The molecule has 1 amide bonds. The van der Waals surface area contributed by atoms with E-state index in [4.69, 9.17) is 0 Å². The van der Waals surface area contributed by atoms with Crippen LogP contribution in [0.25, 0.3) is 15.8 Å². The first kappa shape index (κ1) is 18.4. The lowest BCUT2D eigenvalue weighted by atomic mass is 9.99. The smallest absolute Gasteiger partial charge is 0.328 e. The number of rotatable bonds is 5. The zero-order valence-electron chi connectivity index (χ0n) is 15.4. The number of nitrogens with one attached hydrogen (secondary N) is 1. The summed E-state index contributed by atoms with van der Waals surface area (Å²) in [6.07, 6.45) is 3.73. The second-order valence-corrected chi connectivity index (χ2v) is 7.76. The highest BCUT2D eigenvalue weighted by molar-refractivity contribution is 7.17. The lowest BCUT2D eigenvalue weighted by Gasteiger charge is -2.26. The van der Waals surface area contributed by atoms with Gasteiger partial charge >= 0.3 is 5.69 Å². The van der Waals surface area contributed by atoms with E-state index in [1.807, 2.05) is 23.1 Å². The number of aromatic nitrogens is 2. The predicted octanol–water partition coefficient (Wildman–Crippen LogP) is 2.85. The summed E-state index contributed by atoms with van der Waals surface area (Å²) in [5, 5.41) is 1.78. The number of aromatic amines is 1. The summed E-state index contributed by atoms with van der Waals surface area (Å²) in [4.78, 5) is 41.6. The van der Waals surface area contributed by atoms with Gasteiger partial charge in [0.15, 0.2) is 0 Å². The molecule has 0 spiro atoms. The summed E-state index contributed by atoms with van der Waals surface area (Å²) in [7, 11) is 0. The number of hydrogen-bond acceptors (Lipinski definition) is 4. The Morgan fingerprint density at radius 2 is 1.96 bits per heavy atom. The summed E-state index contributed by atoms with van der Waals surface area (Å²) < 4.78 is 1.73. The van der Waals surface area contributed by atoms with E-state index in [1.54, 1.807) is 11.4 Å². The molecule has 7 heteroatoms. The van der Waals surface area contributed by atoms with Crippen molar-refractivity contribution in [2.24, 2.45) is 0 Å². The highest BCUT2D eigenvalue weighted by Gasteiger charge is 2.18. The third-order valence-corrected chi connectivity index (χ3v) is 5.97. The molecule has 0 atom stereocenters. The van der Waals surface area contributed by atoms with Gasteiger partial charge in [-0.05, 0) is 35.4 Å². The Morgan fingerprint density at radius 1 is 1.14 bits per heavy atom. The molecule has 28 heavy (non-hydrogen) atoms. The van der Waals surface area contributed by atoms with E-state index >= 15 is 0 Å². The number of carbonyl (C=O) groups is 1. The fourth-order valence-corrected chi connectivity index (χ4v) is 4.33. The Morgan fingerprint density at radius 3 is 2.71 bits per heavy atom. The van der Waals surface area contributed by atoms with E-state index in [9.17, 15) is 14.4 Å². The summed E-state index contributed by atoms with van der Waals surface area (Å²) in [6, 6.07) is 11.9. The normalized spacial score (nSPS) is 14.3. The standard InChI is InChI=1S/C21H21N3O3S/c25-18(23-12-8-16(9-13-23)15-5-2-1-3-6-15)7-4-11-24-20(26)19-17(10-14-28-19)22-21(24)27/h1-3,5-6,8,10,14H,4,7,9,11-13H2,(H,22,27). The third kappa shape index (κ3) is 3.71. The van der Waals surface area contributed by atoms with Crippen molar-refractivity contribution in [3.63, 3.8) is 0 Å². The van der Waals surface area contributed by atoms with Crippen LogP contribution in [-0.4, -0.2) is 33.4 Å². The maximum Gasteiger partial charge on any atom is 0.328 e. The molecule has 1 aliphatic rings. The van der Waals surface area contributed by atoms with Crippen LogP contribution in [0.3, 0.4) is 0 Å². The van der Waals surface area contributed by atoms with Crippen LogP contribution >= 0.6 is 11.3 Å². The molecule has 3 heterocycles. The summed E-state index contributed by atoms with van der Waals surface area (Å²) in [5.41, 5.74) is 2.34. The van der Waals surface area contributed by atoms with Crippen LogP contribution < -0.4 is 11.2 Å². The van der Waals surface area contributed by atoms with Crippen LogP contribution in [0.1, 0.15) is 24.8 Å². The second-order valence-electron chi connectivity index (χ2n) is 6.84. The number of carbonyl (C=O) groups excluding carboxylic acids is 1. The molecule has 1 aliphatic heterocycles. The van der Waals surface area contributed by atoms with Crippen molar-refractivity contribution in [1.29, 1.82) is 0 Å². The first-order valence-corrected chi connectivity index (χ1v) is 10.2. The van der Waals surface area contributed by atoms with Crippen molar-refractivity contribution >= 4 is 33.0 Å². The minimum atomic E-state index is -0.420. The number of benzene rings is 1. The van der Waals surface area contributed by atoms with Crippen LogP contribution in [0.2, 0.25) is 0 Å². The van der Waals surface area contributed by atoms with Crippen LogP contribution in [0.15, 0.2) is 57.4 Å². The zero-order chi connectivity index (χ0) is 19.5. The van der Waals surface area contributed by atoms with E-state index < -0.39 is 5.69 Å². The van der Waals surface area contributed by atoms with Gasteiger partial charge in [0.25, 0.3) is 5.56 Å². The largest absolute Gasteiger partial charge is 0.339 e. The molecule has 4 rings (SSSR count). The van der Waals surface area contributed by atoms with E-state index in [1.165, 1.54) is 27.0 Å². The van der Waals surface area contributed by atoms with Gasteiger partial charge in [0.1, 0.15) is 4.70 Å². The molecule has 1 aromatic carbocycles. The maximum absolute atomic E-state index is 12.5. The number of amides is 1. The average Bonchev–Trinajstić information content (AvgIpc) is 3.19. The minimum absolute atomic E-state index is 0.0602. The maximum atomic E-state index is 12.5. The van der Waals surface area contributed by atoms with Gasteiger partial charge in [-0.3, -0.25) is 14.2 Å². The Hall–Kier alpha value is -2.93. The average molecular weight is 395 g/mol. The van der Waals surface area contributed by atoms with Crippen molar-refractivity contribution in [2.75, 3.05) is 13.1 Å². The molecule has 3 aromatic rings. The quantitative estimate of drug-likeness (QED) is 0.722. The Kier molecular flexibility index (Phi) is 5.25. The van der Waals surface area contributed by atoms with Crippen LogP contribution in [0.4, 0.5) is 0 Å². The number of nitrogens with zero attached hydrogens (tertiary/aromatic N) is 2. The fraction of sp³-hybridized carbons (Fsp3) is 0.286. The number of hydrogen-bond donors (Lipinski definition) is 1. The summed E-state index contributed by atoms with van der Waals surface area (Å²) >= 11 is 1.31. The second kappa shape index (κ2) is 7.98. The van der Waals surface area contributed by atoms with Crippen molar-refractivity contribution < 1.29 is 4.79 Å². The molecule has 0 aliphatic carbocycles. The number of H-pyrrole nitrogens is 1. The van der Waals surface area contributed by atoms with Crippen LogP contribution in [0, 0.1) is 0 Å². The van der Waals surface area contributed by atoms with Crippen molar-refractivity contribution in [2.45, 2.75) is 25.8 Å². The van der Waals surface area contributed by atoms with Crippen molar-refractivity contribution in [3.8, 4) is 0 Å². The number of thiophene rings is 1. The predicted molar refractivity (Wildman–Crippen MR) is 112 cm³/mol. The lowest BCUT2D eigenvalue weighted by Crippen LogP contribution is -2.36. The summed E-state index contributed by atoms with van der Waals surface area (Å²) in [5.74, 6) is 0.0602. The lowest BCUT2D eigenvalue weighted by molar-refractivity contribution is -0.130. The molecule has 6 nitrogen and oxygen atoms in total. The highest BCUT2D eigenvalue weighted by atomic mass is 32.1. The molecular formula is C21H21N3O3S. The monoisotopic (exact) mass is 395 g/mol. The molecule has 0 saturated heterocycles. The molecule has 0 fully saturated rings. The van der Waals surface area contributed by atoms with E-state index in [-0.39, 0.29) is 18.0 Å². The third-order valence-electron chi connectivity index (χ3n) is 5.07. The first-order valence-electron chi connectivity index (χ1n) is 9.36. The molecule has 0 unspecified atom stereocenters. The van der Waals surface area contributed by atoms with Gasteiger partial charge in [0, 0.05) is 26.1 Å². The van der Waals surface area contributed by atoms with Gasteiger partial charge in [-0.15, -0.1) is 11.3 Å². The zero-order valence-corrected chi connectivity index (χ0v) is 16.2. The van der Waals surface area contributed by atoms with Gasteiger partial charge < -0.3 is 9.88 Å². The molecule has 0 radical (unpaired) electrons. The van der Waals surface area contributed by atoms with E-state index in [0.717, 1.165) is 6.42 Å². The minimum Gasteiger partial charge on any atom is -0.339 e. The van der Waals surface area contributed by atoms with Gasteiger partial charge in [-0.2, -0.15) is 0 Å². The molecular weight excluding hydrogens is 374 g/mol. The van der Waals surface area contributed by atoms with Crippen LogP contribution in [0.5, 0.6) is 0 Å². The Balaban J connectivity index is 1.35. The topological polar surface area (TPSA) is 75.2 Å². The van der Waals surface area contributed by atoms with E-state index in [2.05, 4.69) is 23.2 Å². The van der Waals surface area contributed by atoms with E-state index in [0.29, 0.717) is 36.1 Å². The Labute approximate surface area is 165 Å². The van der Waals surface area contributed by atoms with Gasteiger partial charge in [-0.25, -0.2) is 4.79 Å². The van der Waals surface area contributed by atoms with Gasteiger partial charge in [0.2, 0.25) is 5.91 Å². The molecule has 0 bridgehead atoms. The van der Waals surface area contributed by atoms with Crippen molar-refractivity contribution in [3.05, 3.63) is 74.3 Å². The molecule has 0 saturated carbocycles. The summed E-state index contributed by atoms with van der Waals surface area (Å²) in [6.45, 7) is 1.54. The SMILES string of the molecule is O=C(CCCn1c(=O)[nH]c2ccsc2c1=O)N1CC=C(c2ccccc2)CC1. The highest BCUT2D eigenvalue weighted by Crippen LogP contribution is 2.22.